The first kappa shape index (κ1) is 15.8. The Bertz CT molecular complexity index is 485. The van der Waals surface area contributed by atoms with E-state index in [1.54, 1.807) is 0 Å². The summed E-state index contributed by atoms with van der Waals surface area (Å²) in [5.74, 6) is -0.487. The normalized spacial score (nSPS) is 43.9. The van der Waals surface area contributed by atoms with Crippen molar-refractivity contribution in [3.05, 3.63) is 0 Å². The number of carboxylic acids is 1. The van der Waals surface area contributed by atoms with Crippen molar-refractivity contribution < 1.29 is 19.4 Å². The number of nitrogens with one attached hydrogen (secondary N) is 1. The summed E-state index contributed by atoms with van der Waals surface area (Å²) in [6, 6.07) is -0.953. The summed E-state index contributed by atoms with van der Waals surface area (Å²) in [7, 11) is 1.45. The van der Waals surface area contributed by atoms with Gasteiger partial charge in [-0.05, 0) is 55.3 Å². The SMILES string of the molecule is COCC(NC(=O)C12CC3CC(C)(CC(C)(C3)C1)C2)C(=O)O. The predicted octanol–water partition coefficient (Wildman–Crippen LogP) is 2.20. The minimum absolute atomic E-state index is 0.00905. The zero-order valence-electron chi connectivity index (χ0n) is 13.8. The highest BCUT2D eigenvalue weighted by Gasteiger charge is 2.62. The van der Waals surface area contributed by atoms with Crippen molar-refractivity contribution in [2.75, 3.05) is 13.7 Å². The van der Waals surface area contributed by atoms with Crippen LogP contribution >= 0.6 is 0 Å². The molecule has 0 heterocycles. The quantitative estimate of drug-likeness (QED) is 0.816. The zero-order chi connectivity index (χ0) is 16.2. The molecule has 0 aliphatic heterocycles. The summed E-state index contributed by atoms with van der Waals surface area (Å²) in [5.41, 5.74) is 0.112. The highest BCUT2D eigenvalue weighted by atomic mass is 16.5. The first-order valence-corrected chi connectivity index (χ1v) is 8.22. The molecule has 124 valence electrons. The summed E-state index contributed by atoms with van der Waals surface area (Å²) in [6.07, 6.45) is 6.36. The van der Waals surface area contributed by atoms with Gasteiger partial charge in [-0.25, -0.2) is 4.79 Å². The van der Waals surface area contributed by atoms with Crippen LogP contribution in [0, 0.1) is 22.2 Å². The summed E-state index contributed by atoms with van der Waals surface area (Å²) >= 11 is 0. The van der Waals surface area contributed by atoms with Crippen molar-refractivity contribution in [2.24, 2.45) is 22.2 Å². The van der Waals surface area contributed by atoms with E-state index in [4.69, 9.17) is 4.74 Å². The van der Waals surface area contributed by atoms with Crippen LogP contribution in [0.25, 0.3) is 0 Å². The number of hydrogen-bond donors (Lipinski definition) is 2. The molecule has 4 fully saturated rings. The average molecular weight is 309 g/mol. The Morgan fingerprint density at radius 2 is 1.77 bits per heavy atom. The molecule has 2 N–H and O–H groups in total. The fourth-order valence-electron chi connectivity index (χ4n) is 6.35. The fraction of sp³-hybridized carbons (Fsp3) is 0.882. The molecule has 1 amide bonds. The van der Waals surface area contributed by atoms with E-state index in [2.05, 4.69) is 19.2 Å². The molecule has 0 aromatic carbocycles. The van der Waals surface area contributed by atoms with E-state index in [1.165, 1.54) is 26.4 Å². The maximum atomic E-state index is 12.9. The molecule has 4 rings (SSSR count). The van der Waals surface area contributed by atoms with Gasteiger partial charge in [-0.2, -0.15) is 0 Å². The number of hydrogen-bond acceptors (Lipinski definition) is 3. The van der Waals surface area contributed by atoms with Crippen molar-refractivity contribution in [1.82, 2.24) is 5.32 Å². The molecule has 3 atom stereocenters. The van der Waals surface area contributed by atoms with Crippen LogP contribution in [-0.2, 0) is 14.3 Å². The predicted molar refractivity (Wildman–Crippen MR) is 81.3 cm³/mol. The first-order chi connectivity index (χ1) is 10.2. The van der Waals surface area contributed by atoms with Crippen molar-refractivity contribution in [2.45, 2.75) is 58.4 Å². The van der Waals surface area contributed by atoms with E-state index < -0.39 is 12.0 Å². The van der Waals surface area contributed by atoms with Crippen molar-refractivity contribution in [3.63, 3.8) is 0 Å². The van der Waals surface area contributed by atoms with Crippen molar-refractivity contribution in [3.8, 4) is 0 Å². The second-order valence-corrected chi connectivity index (χ2v) is 8.73. The van der Waals surface area contributed by atoms with E-state index in [9.17, 15) is 14.7 Å². The van der Waals surface area contributed by atoms with Crippen LogP contribution in [0.2, 0.25) is 0 Å². The molecule has 3 unspecified atom stereocenters. The summed E-state index contributed by atoms with van der Waals surface area (Å²) in [6.45, 7) is 4.62. The zero-order valence-corrected chi connectivity index (χ0v) is 13.8. The second kappa shape index (κ2) is 4.95. The van der Waals surface area contributed by atoms with E-state index in [0.717, 1.165) is 19.3 Å². The minimum Gasteiger partial charge on any atom is -0.480 e. The third-order valence-electron chi connectivity index (χ3n) is 6.04. The maximum Gasteiger partial charge on any atom is 0.328 e. The van der Waals surface area contributed by atoms with Gasteiger partial charge >= 0.3 is 5.97 Å². The van der Waals surface area contributed by atoms with Crippen LogP contribution in [0.4, 0.5) is 0 Å². The van der Waals surface area contributed by atoms with Crippen molar-refractivity contribution >= 4 is 11.9 Å². The Labute approximate surface area is 131 Å². The Kier molecular flexibility index (Phi) is 3.55. The van der Waals surface area contributed by atoms with Crippen LogP contribution in [0.15, 0.2) is 0 Å². The van der Waals surface area contributed by atoms with E-state index in [0.29, 0.717) is 5.92 Å². The van der Waals surface area contributed by atoms with Gasteiger partial charge < -0.3 is 15.2 Å². The summed E-state index contributed by atoms with van der Waals surface area (Å²) < 4.78 is 4.93. The van der Waals surface area contributed by atoms with E-state index in [1.807, 2.05) is 0 Å². The summed E-state index contributed by atoms with van der Waals surface area (Å²) in [5, 5.41) is 12.0. The number of carboxylic acid groups (broad SMARTS) is 1. The number of ether oxygens (including phenoxy) is 1. The standard InChI is InChI=1S/C17H27NO4/c1-15-4-11-5-16(2,8-15)10-17(6-11,9-15)14(21)18-12(7-22-3)13(19)20/h11-12H,4-10H2,1-3H3,(H,18,21)(H,19,20). The molecule has 4 bridgehead atoms. The Morgan fingerprint density at radius 3 is 2.23 bits per heavy atom. The Balaban J connectivity index is 1.81. The second-order valence-electron chi connectivity index (χ2n) is 8.73. The average Bonchev–Trinajstić information content (AvgIpc) is 2.33. The van der Waals surface area contributed by atoms with Crippen LogP contribution in [0.5, 0.6) is 0 Å². The number of methoxy groups -OCH3 is 1. The van der Waals surface area contributed by atoms with Gasteiger partial charge in [0.15, 0.2) is 6.04 Å². The first-order valence-electron chi connectivity index (χ1n) is 8.22. The molecule has 0 saturated heterocycles. The van der Waals surface area contributed by atoms with Crippen LogP contribution < -0.4 is 5.32 Å². The number of amides is 1. The molecule has 4 saturated carbocycles. The van der Waals surface area contributed by atoms with Gasteiger partial charge in [-0.1, -0.05) is 13.8 Å². The smallest absolute Gasteiger partial charge is 0.328 e. The Hall–Kier alpha value is -1.10. The highest BCUT2D eigenvalue weighted by molar-refractivity contribution is 5.88. The summed E-state index contributed by atoms with van der Waals surface area (Å²) in [4.78, 5) is 24.2. The lowest BCUT2D eigenvalue weighted by atomic mass is 9.40. The molecule has 0 spiro atoms. The minimum atomic E-state index is -1.03. The molecule has 5 nitrogen and oxygen atoms in total. The lowest BCUT2D eigenvalue weighted by molar-refractivity contribution is -0.172. The number of carbonyl (C=O) groups excluding carboxylic acids is 1. The largest absolute Gasteiger partial charge is 0.480 e. The molecular formula is C17H27NO4. The van der Waals surface area contributed by atoms with Gasteiger partial charge in [0, 0.05) is 7.11 Å². The van der Waals surface area contributed by atoms with Crippen molar-refractivity contribution in [1.29, 1.82) is 0 Å². The highest BCUT2D eigenvalue weighted by Crippen LogP contribution is 2.69. The molecule has 0 aromatic rings. The van der Waals surface area contributed by atoms with Gasteiger partial charge in [0.05, 0.1) is 12.0 Å². The lowest BCUT2D eigenvalue weighted by Gasteiger charge is -2.64. The van der Waals surface area contributed by atoms with Crippen LogP contribution in [0.3, 0.4) is 0 Å². The third-order valence-corrected chi connectivity index (χ3v) is 6.04. The molecule has 0 radical (unpaired) electrons. The fourth-order valence-corrected chi connectivity index (χ4v) is 6.35. The number of aliphatic carboxylic acids is 1. The van der Waals surface area contributed by atoms with E-state index in [-0.39, 0.29) is 28.8 Å². The van der Waals surface area contributed by atoms with Crippen LogP contribution in [0.1, 0.15) is 52.4 Å². The van der Waals surface area contributed by atoms with Gasteiger partial charge in [0.1, 0.15) is 0 Å². The lowest BCUT2D eigenvalue weighted by Crippen LogP contribution is -2.61. The number of carbonyl (C=O) groups is 2. The van der Waals surface area contributed by atoms with Gasteiger partial charge in [-0.3, -0.25) is 4.79 Å². The molecule has 4 aliphatic rings. The third kappa shape index (κ3) is 2.53. The van der Waals surface area contributed by atoms with E-state index >= 15 is 0 Å². The topological polar surface area (TPSA) is 75.6 Å². The Morgan fingerprint density at radius 1 is 1.18 bits per heavy atom. The monoisotopic (exact) mass is 309 g/mol. The molecule has 5 heteroatoms. The molecule has 0 aromatic heterocycles. The number of rotatable bonds is 5. The van der Waals surface area contributed by atoms with Gasteiger partial charge in [0.25, 0.3) is 0 Å². The maximum absolute atomic E-state index is 12.9. The molecule has 22 heavy (non-hydrogen) atoms. The van der Waals surface area contributed by atoms with Crippen LogP contribution in [-0.4, -0.2) is 36.7 Å². The van der Waals surface area contributed by atoms with Gasteiger partial charge in [0.2, 0.25) is 5.91 Å². The molecular weight excluding hydrogens is 282 g/mol. The molecule has 4 aliphatic carbocycles. The van der Waals surface area contributed by atoms with Gasteiger partial charge in [-0.15, -0.1) is 0 Å².